The molecule has 0 aliphatic rings. The van der Waals surface area contributed by atoms with E-state index < -0.39 is 0 Å². The Labute approximate surface area is 174 Å². The molecule has 0 saturated carbocycles. The number of hydrazone groups is 1. The molecule has 0 aliphatic carbocycles. The first kappa shape index (κ1) is 21.8. The van der Waals surface area contributed by atoms with Crippen molar-refractivity contribution in [2.75, 3.05) is 24.6 Å². The summed E-state index contributed by atoms with van der Waals surface area (Å²) >= 11 is 3.43. The maximum Gasteiger partial charge on any atom is 0.277 e. The van der Waals surface area contributed by atoms with E-state index in [4.69, 9.17) is 4.74 Å². The van der Waals surface area contributed by atoms with Gasteiger partial charge in [0, 0.05) is 34.9 Å². The van der Waals surface area contributed by atoms with Gasteiger partial charge in [0.05, 0.1) is 6.21 Å². The molecule has 0 atom stereocenters. The number of ether oxygens (including phenoxy) is 1. The van der Waals surface area contributed by atoms with Gasteiger partial charge in [-0.15, -0.1) is 0 Å². The number of phenolic OH excluding ortho intramolecular Hbond substituents is 1. The molecule has 0 aromatic heterocycles. The monoisotopic (exact) mass is 447 g/mol. The average molecular weight is 448 g/mol. The summed E-state index contributed by atoms with van der Waals surface area (Å²) in [6, 6.07) is 9.24. The van der Waals surface area contributed by atoms with Gasteiger partial charge in [-0.1, -0.05) is 15.9 Å². The molecule has 0 spiro atoms. The van der Waals surface area contributed by atoms with Crippen LogP contribution in [-0.2, 0) is 4.79 Å². The van der Waals surface area contributed by atoms with Crippen molar-refractivity contribution in [3.8, 4) is 11.5 Å². The number of nitrogens with one attached hydrogen (secondary N) is 1. The van der Waals surface area contributed by atoms with Gasteiger partial charge in [-0.2, -0.15) is 5.10 Å². The second-order valence-electron chi connectivity index (χ2n) is 6.37. The third-order valence-electron chi connectivity index (χ3n) is 4.31. The minimum atomic E-state index is -0.378. The van der Waals surface area contributed by atoms with Crippen LogP contribution >= 0.6 is 15.9 Å². The molecule has 0 heterocycles. The number of halogens is 1. The third-order valence-corrected chi connectivity index (χ3v) is 4.77. The second kappa shape index (κ2) is 10.1. The van der Waals surface area contributed by atoms with Gasteiger partial charge in [-0.05, 0) is 63.1 Å². The van der Waals surface area contributed by atoms with E-state index in [1.807, 2.05) is 32.0 Å². The summed E-state index contributed by atoms with van der Waals surface area (Å²) in [5.41, 5.74) is 5.77. The molecular weight excluding hydrogens is 422 g/mol. The van der Waals surface area contributed by atoms with Crippen molar-refractivity contribution in [3.05, 3.63) is 51.5 Å². The number of carbonyl (C=O) groups excluding carboxylic acids is 1. The van der Waals surface area contributed by atoms with E-state index in [9.17, 15) is 9.90 Å². The molecule has 2 N–H and O–H groups in total. The van der Waals surface area contributed by atoms with Crippen molar-refractivity contribution in [2.24, 2.45) is 5.10 Å². The first-order valence-electron chi connectivity index (χ1n) is 9.15. The van der Waals surface area contributed by atoms with Crippen LogP contribution in [0.25, 0.3) is 0 Å². The Morgan fingerprint density at radius 1 is 1.21 bits per heavy atom. The summed E-state index contributed by atoms with van der Waals surface area (Å²) in [7, 11) is 0. The summed E-state index contributed by atoms with van der Waals surface area (Å²) in [4.78, 5) is 14.1. The number of phenols is 1. The SMILES string of the molecule is CCN(CC)c1ccc(C=NNC(=O)COc2c(C)cc(Br)cc2C)c(O)c1. The van der Waals surface area contributed by atoms with Crippen molar-refractivity contribution in [3.63, 3.8) is 0 Å². The lowest BCUT2D eigenvalue weighted by molar-refractivity contribution is -0.123. The number of aryl methyl sites for hydroxylation is 2. The first-order chi connectivity index (χ1) is 13.3. The normalized spacial score (nSPS) is 10.9. The van der Waals surface area contributed by atoms with Crippen LogP contribution in [0.1, 0.15) is 30.5 Å². The van der Waals surface area contributed by atoms with E-state index in [-0.39, 0.29) is 18.3 Å². The summed E-state index contributed by atoms with van der Waals surface area (Å²) in [5.74, 6) is 0.420. The predicted molar refractivity (Wildman–Crippen MR) is 117 cm³/mol. The Hall–Kier alpha value is -2.54. The van der Waals surface area contributed by atoms with Crippen LogP contribution in [-0.4, -0.2) is 36.9 Å². The van der Waals surface area contributed by atoms with Gasteiger partial charge in [0.25, 0.3) is 5.91 Å². The van der Waals surface area contributed by atoms with Crippen molar-refractivity contribution < 1.29 is 14.6 Å². The van der Waals surface area contributed by atoms with Crippen LogP contribution in [0.15, 0.2) is 39.9 Å². The highest BCUT2D eigenvalue weighted by Crippen LogP contribution is 2.27. The number of rotatable bonds is 8. The lowest BCUT2D eigenvalue weighted by Crippen LogP contribution is -2.25. The van der Waals surface area contributed by atoms with Crippen LogP contribution in [0.4, 0.5) is 5.69 Å². The summed E-state index contributed by atoms with van der Waals surface area (Å²) in [6.45, 7) is 9.54. The molecule has 28 heavy (non-hydrogen) atoms. The fourth-order valence-electron chi connectivity index (χ4n) is 2.90. The number of aromatic hydroxyl groups is 1. The molecular formula is C21H26BrN3O3. The van der Waals surface area contributed by atoms with Gasteiger partial charge in [0.15, 0.2) is 6.61 Å². The standard InChI is InChI=1S/C21H26BrN3O3/c1-5-25(6-2)18-8-7-16(19(26)11-18)12-23-24-20(27)13-28-21-14(3)9-17(22)10-15(21)4/h7-12,26H,5-6,13H2,1-4H3,(H,24,27). The zero-order chi connectivity index (χ0) is 20.7. The van der Waals surface area contributed by atoms with E-state index in [1.54, 1.807) is 12.1 Å². The van der Waals surface area contributed by atoms with Crippen molar-refractivity contribution >= 4 is 33.7 Å². The Kier molecular flexibility index (Phi) is 7.87. The van der Waals surface area contributed by atoms with Gasteiger partial charge >= 0.3 is 0 Å². The predicted octanol–water partition coefficient (Wildman–Crippen LogP) is 4.15. The van der Waals surface area contributed by atoms with E-state index in [0.29, 0.717) is 11.3 Å². The molecule has 150 valence electrons. The molecule has 6 nitrogen and oxygen atoms in total. The Morgan fingerprint density at radius 2 is 1.86 bits per heavy atom. The fraction of sp³-hybridized carbons (Fsp3) is 0.333. The molecule has 1 amide bonds. The minimum Gasteiger partial charge on any atom is -0.507 e. The van der Waals surface area contributed by atoms with Gasteiger partial charge in [0.2, 0.25) is 0 Å². The first-order valence-corrected chi connectivity index (χ1v) is 9.94. The van der Waals surface area contributed by atoms with Crippen molar-refractivity contribution in [2.45, 2.75) is 27.7 Å². The van der Waals surface area contributed by atoms with Crippen LogP contribution in [0, 0.1) is 13.8 Å². The summed E-state index contributed by atoms with van der Waals surface area (Å²) < 4.78 is 6.58. The van der Waals surface area contributed by atoms with Crippen LogP contribution in [0.5, 0.6) is 11.5 Å². The number of benzene rings is 2. The minimum absolute atomic E-state index is 0.111. The fourth-order valence-corrected chi connectivity index (χ4v) is 3.58. The van der Waals surface area contributed by atoms with Crippen molar-refractivity contribution in [1.29, 1.82) is 0 Å². The molecule has 0 aliphatic heterocycles. The zero-order valence-electron chi connectivity index (χ0n) is 16.6. The zero-order valence-corrected chi connectivity index (χ0v) is 18.2. The number of anilines is 1. The number of hydrogen-bond donors (Lipinski definition) is 2. The summed E-state index contributed by atoms with van der Waals surface area (Å²) in [6.07, 6.45) is 1.41. The molecule has 7 heteroatoms. The molecule has 0 unspecified atom stereocenters. The molecule has 2 aromatic carbocycles. The second-order valence-corrected chi connectivity index (χ2v) is 7.28. The number of amides is 1. The summed E-state index contributed by atoms with van der Waals surface area (Å²) in [5, 5.41) is 14.1. The number of nitrogens with zero attached hydrogens (tertiary/aromatic N) is 2. The molecule has 0 fully saturated rings. The van der Waals surface area contributed by atoms with E-state index in [0.717, 1.165) is 34.4 Å². The lowest BCUT2D eigenvalue weighted by atomic mass is 10.1. The van der Waals surface area contributed by atoms with Gasteiger partial charge in [0.1, 0.15) is 11.5 Å². The van der Waals surface area contributed by atoms with Gasteiger partial charge in [-0.3, -0.25) is 4.79 Å². The Balaban J connectivity index is 1.93. The average Bonchev–Trinajstić information content (AvgIpc) is 2.63. The molecule has 0 saturated heterocycles. The van der Waals surface area contributed by atoms with E-state index in [1.165, 1.54) is 6.21 Å². The Morgan fingerprint density at radius 3 is 2.43 bits per heavy atom. The molecule has 2 rings (SSSR count). The smallest absolute Gasteiger partial charge is 0.277 e. The highest BCUT2D eigenvalue weighted by molar-refractivity contribution is 9.10. The molecule has 2 aromatic rings. The highest BCUT2D eigenvalue weighted by Gasteiger charge is 2.09. The molecule has 0 radical (unpaired) electrons. The maximum absolute atomic E-state index is 12.0. The van der Waals surface area contributed by atoms with E-state index >= 15 is 0 Å². The number of hydrogen-bond acceptors (Lipinski definition) is 5. The number of carbonyl (C=O) groups is 1. The van der Waals surface area contributed by atoms with Crippen LogP contribution in [0.3, 0.4) is 0 Å². The lowest BCUT2D eigenvalue weighted by Gasteiger charge is -2.21. The molecule has 0 bridgehead atoms. The van der Waals surface area contributed by atoms with Crippen LogP contribution in [0.2, 0.25) is 0 Å². The maximum atomic E-state index is 12.0. The quantitative estimate of drug-likeness (QED) is 0.470. The van der Waals surface area contributed by atoms with E-state index in [2.05, 4.69) is 45.2 Å². The van der Waals surface area contributed by atoms with Crippen molar-refractivity contribution in [1.82, 2.24) is 5.43 Å². The third kappa shape index (κ3) is 5.73. The van der Waals surface area contributed by atoms with Gasteiger partial charge < -0.3 is 14.7 Å². The van der Waals surface area contributed by atoms with Crippen LogP contribution < -0.4 is 15.1 Å². The largest absolute Gasteiger partial charge is 0.507 e. The topological polar surface area (TPSA) is 74.2 Å². The Bertz CT molecular complexity index is 841. The highest BCUT2D eigenvalue weighted by atomic mass is 79.9. The van der Waals surface area contributed by atoms with Gasteiger partial charge in [-0.25, -0.2) is 5.43 Å².